The van der Waals surface area contributed by atoms with E-state index in [0.717, 1.165) is 35.9 Å². The number of hydrogen-bond donors (Lipinski definition) is 1. The Morgan fingerprint density at radius 1 is 1.26 bits per heavy atom. The van der Waals surface area contributed by atoms with Crippen LogP contribution in [0, 0.1) is 0 Å². The molecule has 1 atom stereocenters. The van der Waals surface area contributed by atoms with Crippen LogP contribution in [0.4, 0.5) is 0 Å². The molecule has 0 radical (unpaired) electrons. The number of likely N-dealkylation sites (tertiary alicyclic amines) is 1. The molecule has 1 unspecified atom stereocenters. The summed E-state index contributed by atoms with van der Waals surface area (Å²) in [6.07, 6.45) is 6.57. The van der Waals surface area contributed by atoms with Gasteiger partial charge in [-0.25, -0.2) is 0 Å². The molecule has 1 amide bonds. The van der Waals surface area contributed by atoms with Crippen molar-refractivity contribution in [3.63, 3.8) is 0 Å². The molecule has 100 valence electrons. The molecule has 1 aromatic carbocycles. The van der Waals surface area contributed by atoms with Gasteiger partial charge in [0.15, 0.2) is 0 Å². The molecule has 0 aliphatic carbocycles. The Bertz CT molecular complexity index is 587. The van der Waals surface area contributed by atoms with Crippen molar-refractivity contribution in [2.24, 2.45) is 0 Å². The van der Waals surface area contributed by atoms with Gasteiger partial charge in [0.1, 0.15) is 0 Å². The minimum absolute atomic E-state index is 0.173. The van der Waals surface area contributed by atoms with Gasteiger partial charge >= 0.3 is 0 Å². The molecule has 0 saturated carbocycles. The van der Waals surface area contributed by atoms with E-state index in [0.29, 0.717) is 6.04 Å². The first-order valence-corrected chi connectivity index (χ1v) is 7.14. The van der Waals surface area contributed by atoms with E-state index >= 15 is 0 Å². The number of para-hydroxylation sites is 1. The van der Waals surface area contributed by atoms with Crippen LogP contribution in [0.1, 0.15) is 43.0 Å². The minimum Gasteiger partial charge on any atom is -0.360 e. The maximum absolute atomic E-state index is 12.7. The van der Waals surface area contributed by atoms with Crippen LogP contribution in [0.25, 0.3) is 10.9 Å². The minimum atomic E-state index is 0.173. The summed E-state index contributed by atoms with van der Waals surface area (Å²) in [5.41, 5.74) is 1.85. The fourth-order valence-electron chi connectivity index (χ4n) is 2.98. The number of H-pyrrole nitrogens is 1. The second-order valence-electron chi connectivity index (χ2n) is 5.44. The van der Waals surface area contributed by atoms with Crippen molar-refractivity contribution in [2.45, 2.75) is 38.6 Å². The average Bonchev–Trinajstić information content (AvgIpc) is 2.74. The van der Waals surface area contributed by atoms with E-state index in [9.17, 15) is 4.79 Å². The van der Waals surface area contributed by atoms with E-state index in [1.165, 1.54) is 12.8 Å². The maximum atomic E-state index is 12.7. The zero-order chi connectivity index (χ0) is 13.2. The Morgan fingerprint density at radius 2 is 2.11 bits per heavy atom. The van der Waals surface area contributed by atoms with Crippen molar-refractivity contribution in [3.05, 3.63) is 36.0 Å². The van der Waals surface area contributed by atoms with Crippen molar-refractivity contribution in [1.29, 1.82) is 0 Å². The monoisotopic (exact) mass is 256 g/mol. The molecule has 19 heavy (non-hydrogen) atoms. The summed E-state index contributed by atoms with van der Waals surface area (Å²) in [5, 5.41) is 1.03. The molecule has 1 aliphatic heterocycles. The van der Waals surface area contributed by atoms with Gasteiger partial charge in [-0.05, 0) is 25.8 Å². The number of carbonyl (C=O) groups is 1. The van der Waals surface area contributed by atoms with Crippen molar-refractivity contribution in [1.82, 2.24) is 9.88 Å². The summed E-state index contributed by atoms with van der Waals surface area (Å²) in [7, 11) is 0. The van der Waals surface area contributed by atoms with Gasteiger partial charge < -0.3 is 9.88 Å². The number of aromatic nitrogens is 1. The van der Waals surface area contributed by atoms with Crippen LogP contribution >= 0.6 is 0 Å². The summed E-state index contributed by atoms with van der Waals surface area (Å²) in [6.45, 7) is 3.05. The van der Waals surface area contributed by atoms with Crippen molar-refractivity contribution < 1.29 is 4.79 Å². The first-order valence-electron chi connectivity index (χ1n) is 7.14. The number of nitrogens with zero attached hydrogens (tertiary/aromatic N) is 1. The van der Waals surface area contributed by atoms with Crippen molar-refractivity contribution in [3.8, 4) is 0 Å². The van der Waals surface area contributed by atoms with Gasteiger partial charge in [-0.2, -0.15) is 0 Å². The van der Waals surface area contributed by atoms with Gasteiger partial charge in [0, 0.05) is 29.7 Å². The van der Waals surface area contributed by atoms with E-state index < -0.39 is 0 Å². The van der Waals surface area contributed by atoms with Crippen molar-refractivity contribution >= 4 is 16.8 Å². The summed E-state index contributed by atoms with van der Waals surface area (Å²) in [6, 6.07) is 8.35. The largest absolute Gasteiger partial charge is 0.360 e. The molecule has 3 heteroatoms. The molecule has 2 aromatic rings. The Balaban J connectivity index is 1.94. The lowest BCUT2D eigenvalue weighted by atomic mass is 10.1. The van der Waals surface area contributed by atoms with Gasteiger partial charge in [0.2, 0.25) is 0 Å². The van der Waals surface area contributed by atoms with Crippen molar-refractivity contribution in [2.75, 3.05) is 6.54 Å². The van der Waals surface area contributed by atoms with E-state index in [2.05, 4.69) is 11.9 Å². The first-order chi connectivity index (χ1) is 9.27. The molecule has 3 rings (SSSR count). The van der Waals surface area contributed by atoms with E-state index in [4.69, 9.17) is 0 Å². The molecule has 1 aliphatic rings. The third-order valence-corrected chi connectivity index (χ3v) is 4.13. The first kappa shape index (κ1) is 12.3. The Morgan fingerprint density at radius 3 is 3.00 bits per heavy atom. The third-order valence-electron chi connectivity index (χ3n) is 4.13. The number of fused-ring (bicyclic) bond motifs is 1. The summed E-state index contributed by atoms with van der Waals surface area (Å²) in [5.74, 6) is 0.173. The Hall–Kier alpha value is -1.77. The summed E-state index contributed by atoms with van der Waals surface area (Å²) < 4.78 is 0. The third kappa shape index (κ3) is 2.25. The molecule has 1 fully saturated rings. The molecule has 1 saturated heterocycles. The maximum Gasteiger partial charge on any atom is 0.256 e. The van der Waals surface area contributed by atoms with Gasteiger partial charge in [0.25, 0.3) is 5.91 Å². The van der Waals surface area contributed by atoms with E-state index in [1.807, 2.05) is 35.4 Å². The molecule has 2 heterocycles. The van der Waals surface area contributed by atoms with Crippen LogP contribution in [-0.2, 0) is 0 Å². The highest BCUT2D eigenvalue weighted by atomic mass is 16.2. The van der Waals surface area contributed by atoms with Crippen LogP contribution < -0.4 is 0 Å². The highest BCUT2D eigenvalue weighted by Crippen LogP contribution is 2.23. The zero-order valence-corrected chi connectivity index (χ0v) is 11.4. The predicted molar refractivity (Wildman–Crippen MR) is 77.3 cm³/mol. The van der Waals surface area contributed by atoms with Crippen LogP contribution in [0.3, 0.4) is 0 Å². The van der Waals surface area contributed by atoms with Gasteiger partial charge in [-0.1, -0.05) is 31.0 Å². The van der Waals surface area contributed by atoms with Gasteiger partial charge in [-0.15, -0.1) is 0 Å². The number of nitrogens with one attached hydrogen (secondary N) is 1. The summed E-state index contributed by atoms with van der Waals surface area (Å²) >= 11 is 0. The standard InChI is InChI=1S/C16H20N2O/c1-12-7-3-2-6-10-18(12)16(19)14-11-17-15-9-5-4-8-13(14)15/h4-5,8-9,11-12,17H,2-3,6-7,10H2,1H3. The molecule has 3 nitrogen and oxygen atoms in total. The highest BCUT2D eigenvalue weighted by molar-refractivity contribution is 6.06. The lowest BCUT2D eigenvalue weighted by molar-refractivity contribution is 0.0700. The second-order valence-corrected chi connectivity index (χ2v) is 5.44. The topological polar surface area (TPSA) is 36.1 Å². The smallest absolute Gasteiger partial charge is 0.256 e. The quantitative estimate of drug-likeness (QED) is 0.832. The number of rotatable bonds is 1. The fraction of sp³-hybridized carbons (Fsp3) is 0.438. The number of amides is 1. The van der Waals surface area contributed by atoms with Gasteiger partial charge in [0.05, 0.1) is 5.56 Å². The van der Waals surface area contributed by atoms with E-state index in [1.54, 1.807) is 0 Å². The molecule has 1 N–H and O–H groups in total. The van der Waals surface area contributed by atoms with E-state index in [-0.39, 0.29) is 5.91 Å². The number of benzene rings is 1. The predicted octanol–water partition coefficient (Wildman–Crippen LogP) is 3.57. The molecular formula is C16H20N2O. The molecular weight excluding hydrogens is 236 g/mol. The van der Waals surface area contributed by atoms with Gasteiger partial charge in [-0.3, -0.25) is 4.79 Å². The summed E-state index contributed by atoms with van der Waals surface area (Å²) in [4.78, 5) is 18.0. The normalized spacial score (nSPS) is 20.5. The van der Waals surface area contributed by atoms with Crippen LogP contribution in [0.5, 0.6) is 0 Å². The van der Waals surface area contributed by atoms with Crippen LogP contribution in [-0.4, -0.2) is 28.4 Å². The molecule has 0 spiro atoms. The second kappa shape index (κ2) is 5.08. The van der Waals surface area contributed by atoms with Crippen LogP contribution in [0.15, 0.2) is 30.5 Å². The number of hydrogen-bond acceptors (Lipinski definition) is 1. The zero-order valence-electron chi connectivity index (χ0n) is 11.4. The Labute approximate surface area is 113 Å². The highest BCUT2D eigenvalue weighted by Gasteiger charge is 2.24. The lowest BCUT2D eigenvalue weighted by Gasteiger charge is -2.27. The van der Waals surface area contributed by atoms with Crippen LogP contribution in [0.2, 0.25) is 0 Å². The fourth-order valence-corrected chi connectivity index (χ4v) is 2.98. The molecule has 0 bridgehead atoms. The lowest BCUT2D eigenvalue weighted by Crippen LogP contribution is -2.38. The molecule has 1 aromatic heterocycles. The Kier molecular flexibility index (Phi) is 3.28. The number of aromatic amines is 1. The average molecular weight is 256 g/mol. The SMILES string of the molecule is CC1CCCCCN1C(=O)c1c[nH]c2ccccc12. The number of carbonyl (C=O) groups excluding carboxylic acids is 1.